The molecule has 0 saturated heterocycles. The highest BCUT2D eigenvalue weighted by atomic mass is 19.1. The van der Waals surface area contributed by atoms with Crippen LogP contribution in [0.3, 0.4) is 0 Å². The molecule has 20 heavy (non-hydrogen) atoms. The summed E-state index contributed by atoms with van der Waals surface area (Å²) in [6.45, 7) is 2.47. The maximum atomic E-state index is 13.8. The minimum atomic E-state index is -0.273. The van der Waals surface area contributed by atoms with Crippen LogP contribution >= 0.6 is 0 Å². The van der Waals surface area contributed by atoms with Gasteiger partial charge in [-0.1, -0.05) is 18.2 Å². The van der Waals surface area contributed by atoms with Crippen molar-refractivity contribution in [1.82, 2.24) is 20.0 Å². The van der Waals surface area contributed by atoms with Crippen LogP contribution in [0, 0.1) is 5.82 Å². The molecule has 0 amide bonds. The topological polar surface area (TPSA) is 69.6 Å². The van der Waals surface area contributed by atoms with Crippen molar-refractivity contribution in [2.24, 2.45) is 0 Å². The van der Waals surface area contributed by atoms with Crippen molar-refractivity contribution in [2.75, 3.05) is 5.73 Å². The number of nitrogens with zero attached hydrogens (tertiary/aromatic N) is 4. The highest BCUT2D eigenvalue weighted by Gasteiger charge is 2.12. The van der Waals surface area contributed by atoms with Crippen molar-refractivity contribution in [1.29, 1.82) is 0 Å². The molecule has 102 valence electrons. The van der Waals surface area contributed by atoms with E-state index in [1.807, 2.05) is 6.92 Å². The average Bonchev–Trinajstić information content (AvgIpc) is 2.82. The molecule has 0 bridgehead atoms. The molecule has 2 aromatic heterocycles. The second kappa shape index (κ2) is 4.88. The van der Waals surface area contributed by atoms with Crippen LogP contribution in [0.1, 0.15) is 18.2 Å². The fraction of sp³-hybridized carbons (Fsp3) is 0.214. The standard InChI is InChI=1S/C14H14FN5/c1-2-12-14(16)18-19-20(12)8-9-5-6-11(15)10-4-3-7-17-13(9)10/h3-7H,2,8,16H2,1H3. The number of anilines is 1. The van der Waals surface area contributed by atoms with Crippen LogP contribution in [0.4, 0.5) is 10.2 Å². The molecule has 0 radical (unpaired) electrons. The van der Waals surface area contributed by atoms with Gasteiger partial charge in [-0.3, -0.25) is 4.98 Å². The Bertz CT molecular complexity index is 765. The molecule has 0 aliphatic heterocycles. The van der Waals surface area contributed by atoms with E-state index < -0.39 is 0 Å². The maximum Gasteiger partial charge on any atom is 0.169 e. The van der Waals surface area contributed by atoms with Gasteiger partial charge in [-0.2, -0.15) is 0 Å². The minimum Gasteiger partial charge on any atom is -0.381 e. The SMILES string of the molecule is CCc1c(N)nnn1Cc1ccc(F)c2cccnc12. The van der Waals surface area contributed by atoms with Crippen LogP contribution < -0.4 is 5.73 Å². The van der Waals surface area contributed by atoms with Crippen LogP contribution in [-0.4, -0.2) is 20.0 Å². The highest BCUT2D eigenvalue weighted by molar-refractivity contribution is 5.82. The quantitative estimate of drug-likeness (QED) is 0.792. The van der Waals surface area contributed by atoms with Gasteiger partial charge in [0.1, 0.15) is 5.82 Å². The number of aromatic nitrogens is 4. The van der Waals surface area contributed by atoms with Gasteiger partial charge >= 0.3 is 0 Å². The van der Waals surface area contributed by atoms with Crippen LogP contribution in [0.5, 0.6) is 0 Å². The summed E-state index contributed by atoms with van der Waals surface area (Å²) in [5.74, 6) is 0.164. The van der Waals surface area contributed by atoms with Crippen molar-refractivity contribution in [2.45, 2.75) is 19.9 Å². The van der Waals surface area contributed by atoms with E-state index in [2.05, 4.69) is 15.3 Å². The van der Waals surface area contributed by atoms with Gasteiger partial charge in [-0.25, -0.2) is 9.07 Å². The predicted molar refractivity (Wildman–Crippen MR) is 74.6 cm³/mol. The van der Waals surface area contributed by atoms with Gasteiger partial charge in [-0.15, -0.1) is 5.10 Å². The van der Waals surface area contributed by atoms with E-state index in [0.717, 1.165) is 17.7 Å². The Morgan fingerprint density at radius 3 is 2.95 bits per heavy atom. The summed E-state index contributed by atoms with van der Waals surface area (Å²) in [6, 6.07) is 6.62. The first-order chi connectivity index (χ1) is 9.70. The van der Waals surface area contributed by atoms with Gasteiger partial charge in [0.25, 0.3) is 0 Å². The molecule has 2 heterocycles. The normalized spacial score (nSPS) is 11.1. The van der Waals surface area contributed by atoms with Gasteiger partial charge in [0, 0.05) is 17.1 Å². The lowest BCUT2D eigenvalue weighted by Gasteiger charge is -2.08. The first kappa shape index (κ1) is 12.5. The summed E-state index contributed by atoms with van der Waals surface area (Å²) >= 11 is 0. The number of benzene rings is 1. The smallest absolute Gasteiger partial charge is 0.169 e. The summed E-state index contributed by atoms with van der Waals surface area (Å²) in [6.07, 6.45) is 2.40. The molecule has 6 heteroatoms. The van der Waals surface area contributed by atoms with E-state index in [1.54, 1.807) is 29.1 Å². The van der Waals surface area contributed by atoms with E-state index in [4.69, 9.17) is 5.73 Å². The average molecular weight is 271 g/mol. The predicted octanol–water partition coefficient (Wildman–Crippen LogP) is 2.16. The number of nitrogens with two attached hydrogens (primary N) is 1. The number of pyridine rings is 1. The van der Waals surface area contributed by atoms with Gasteiger partial charge < -0.3 is 5.73 Å². The summed E-state index contributed by atoms with van der Waals surface area (Å²) < 4.78 is 15.5. The molecule has 0 unspecified atom stereocenters. The third kappa shape index (κ3) is 1.99. The zero-order chi connectivity index (χ0) is 14.1. The van der Waals surface area contributed by atoms with Crippen molar-refractivity contribution in [3.05, 3.63) is 47.5 Å². The van der Waals surface area contributed by atoms with Gasteiger partial charge in [0.05, 0.1) is 17.8 Å². The van der Waals surface area contributed by atoms with Crippen molar-refractivity contribution in [3.8, 4) is 0 Å². The number of hydrogen-bond donors (Lipinski definition) is 1. The number of nitrogen functional groups attached to an aromatic ring is 1. The third-order valence-electron chi connectivity index (χ3n) is 3.32. The van der Waals surface area contributed by atoms with Crippen LogP contribution in [-0.2, 0) is 13.0 Å². The lowest BCUT2D eigenvalue weighted by molar-refractivity contribution is 0.619. The Morgan fingerprint density at radius 2 is 2.15 bits per heavy atom. The lowest BCUT2D eigenvalue weighted by atomic mass is 10.1. The molecule has 3 aromatic rings. The summed E-state index contributed by atoms with van der Waals surface area (Å²) in [4.78, 5) is 4.27. The molecular weight excluding hydrogens is 257 g/mol. The molecule has 0 atom stereocenters. The van der Waals surface area contributed by atoms with Crippen LogP contribution in [0.2, 0.25) is 0 Å². The largest absolute Gasteiger partial charge is 0.381 e. The molecule has 5 nitrogen and oxygen atoms in total. The second-order valence-corrected chi connectivity index (χ2v) is 4.54. The van der Waals surface area contributed by atoms with Gasteiger partial charge in [0.2, 0.25) is 0 Å². The van der Waals surface area contributed by atoms with Crippen LogP contribution in [0.25, 0.3) is 10.9 Å². The van der Waals surface area contributed by atoms with Gasteiger partial charge in [-0.05, 0) is 24.6 Å². The molecule has 0 fully saturated rings. The molecular formula is C14H14FN5. The number of rotatable bonds is 3. The first-order valence-corrected chi connectivity index (χ1v) is 6.40. The minimum absolute atomic E-state index is 0.273. The number of hydrogen-bond acceptors (Lipinski definition) is 4. The van der Waals surface area contributed by atoms with Crippen molar-refractivity contribution >= 4 is 16.7 Å². The summed E-state index contributed by atoms with van der Waals surface area (Å²) in [5, 5.41) is 8.42. The van der Waals surface area contributed by atoms with Gasteiger partial charge in [0.15, 0.2) is 5.82 Å². The molecule has 0 saturated carbocycles. The fourth-order valence-electron chi connectivity index (χ4n) is 2.32. The molecule has 0 aliphatic rings. The summed E-state index contributed by atoms with van der Waals surface area (Å²) in [5.41, 5.74) is 8.18. The zero-order valence-corrected chi connectivity index (χ0v) is 11.0. The molecule has 0 spiro atoms. The zero-order valence-electron chi connectivity index (χ0n) is 11.0. The van der Waals surface area contributed by atoms with Crippen LogP contribution in [0.15, 0.2) is 30.5 Å². The molecule has 0 aliphatic carbocycles. The van der Waals surface area contributed by atoms with Crippen molar-refractivity contribution < 1.29 is 4.39 Å². The van der Waals surface area contributed by atoms with E-state index in [0.29, 0.717) is 23.3 Å². The summed E-state index contributed by atoms with van der Waals surface area (Å²) in [7, 11) is 0. The molecule has 2 N–H and O–H groups in total. The monoisotopic (exact) mass is 271 g/mol. The fourth-order valence-corrected chi connectivity index (χ4v) is 2.32. The highest BCUT2D eigenvalue weighted by Crippen LogP contribution is 2.21. The maximum absolute atomic E-state index is 13.8. The Morgan fingerprint density at radius 1 is 1.30 bits per heavy atom. The van der Waals surface area contributed by atoms with Crippen molar-refractivity contribution in [3.63, 3.8) is 0 Å². The van der Waals surface area contributed by atoms with E-state index in [9.17, 15) is 4.39 Å². The Hall–Kier alpha value is -2.50. The molecule has 3 rings (SSSR count). The Balaban J connectivity index is 2.09. The van der Waals surface area contributed by atoms with E-state index in [1.165, 1.54) is 6.07 Å². The Labute approximate surface area is 115 Å². The first-order valence-electron chi connectivity index (χ1n) is 6.40. The second-order valence-electron chi connectivity index (χ2n) is 4.54. The third-order valence-corrected chi connectivity index (χ3v) is 3.32. The van der Waals surface area contributed by atoms with E-state index in [-0.39, 0.29) is 5.82 Å². The van der Waals surface area contributed by atoms with E-state index >= 15 is 0 Å². The Kier molecular flexibility index (Phi) is 3.06. The molecule has 1 aromatic carbocycles. The number of halogens is 1. The number of fused-ring (bicyclic) bond motifs is 1. The lowest BCUT2D eigenvalue weighted by Crippen LogP contribution is -2.07.